The summed E-state index contributed by atoms with van der Waals surface area (Å²) >= 11 is 0. The lowest BCUT2D eigenvalue weighted by molar-refractivity contribution is -0.137. The third-order valence-electron chi connectivity index (χ3n) is 7.36. The minimum atomic E-state index is -4.82. The lowest BCUT2D eigenvalue weighted by Crippen LogP contribution is -2.23. The number of anilines is 4. The van der Waals surface area contributed by atoms with Crippen molar-refractivity contribution in [1.82, 2.24) is 20.3 Å². The maximum Gasteiger partial charge on any atom is 0.421 e. The highest BCUT2D eigenvalue weighted by atomic mass is 31.2. The summed E-state index contributed by atoms with van der Waals surface area (Å²) in [5.74, 6) is -1.09. The van der Waals surface area contributed by atoms with Crippen molar-refractivity contribution in [3.63, 3.8) is 0 Å². The normalized spacial score (nSPS) is 17.0. The molecule has 2 aromatic heterocycles. The van der Waals surface area contributed by atoms with Crippen molar-refractivity contribution < 1.29 is 41.4 Å². The second-order valence-corrected chi connectivity index (χ2v) is 12.6. The van der Waals surface area contributed by atoms with Gasteiger partial charge in [0.25, 0.3) is 5.91 Å². The van der Waals surface area contributed by atoms with E-state index in [9.17, 15) is 27.6 Å². The molecule has 0 unspecified atom stereocenters. The molecule has 4 N–H and O–H groups in total. The maximum absolute atomic E-state index is 14.1. The number of carbonyl (C=O) groups excluding carboxylic acids is 1. The predicted molar refractivity (Wildman–Crippen MR) is 166 cm³/mol. The second-order valence-electron chi connectivity index (χ2n) is 10.6. The summed E-state index contributed by atoms with van der Waals surface area (Å²) in [6.07, 6.45) is -2.03. The molecule has 250 valence electrons. The topological polar surface area (TPSA) is 157 Å². The number of hydrogen-bond acceptors (Lipinski definition) is 11. The second kappa shape index (κ2) is 15.2. The molecule has 12 nitrogen and oxygen atoms in total. The number of aliphatic hydroxyl groups excluding tert-OH is 1. The number of alkyl halides is 3. The molecular formula is C30H38F3N6O6P. The fourth-order valence-electron chi connectivity index (χ4n) is 5.14. The Morgan fingerprint density at radius 2 is 1.70 bits per heavy atom. The summed E-state index contributed by atoms with van der Waals surface area (Å²) in [6, 6.07) is 7.99. The zero-order valence-corrected chi connectivity index (χ0v) is 26.9. The number of nitrogens with one attached hydrogen (secondary N) is 3. The van der Waals surface area contributed by atoms with Crippen LogP contribution in [0.2, 0.25) is 0 Å². The van der Waals surface area contributed by atoms with E-state index in [1.165, 1.54) is 20.2 Å². The van der Waals surface area contributed by atoms with Gasteiger partial charge in [-0.1, -0.05) is 6.07 Å². The summed E-state index contributed by atoms with van der Waals surface area (Å²) in [4.78, 5) is 25.3. The molecule has 1 aromatic carbocycles. The van der Waals surface area contributed by atoms with Gasteiger partial charge in [-0.3, -0.25) is 9.36 Å². The SMILES string of the molecule is CCOP(=O)(Cc1ccc(Nc2ncc(C(F)(F)F)c(Nc3ccc(C4CCC(O)CC4)nc3C(=O)NC)n2)c(OC)c1)OCC. The van der Waals surface area contributed by atoms with E-state index in [2.05, 4.69) is 30.9 Å². The van der Waals surface area contributed by atoms with Crippen molar-refractivity contribution in [1.29, 1.82) is 0 Å². The van der Waals surface area contributed by atoms with Gasteiger partial charge in [0.05, 0.1) is 44.0 Å². The van der Waals surface area contributed by atoms with Crippen LogP contribution in [0.1, 0.15) is 72.8 Å². The van der Waals surface area contributed by atoms with Crippen molar-refractivity contribution >= 4 is 36.6 Å². The fraction of sp³-hybridized carbons (Fsp3) is 0.467. The third kappa shape index (κ3) is 8.72. The number of rotatable bonds is 13. The summed E-state index contributed by atoms with van der Waals surface area (Å²) in [6.45, 7) is 3.82. The van der Waals surface area contributed by atoms with Crippen LogP contribution in [0.5, 0.6) is 5.75 Å². The minimum absolute atomic E-state index is 0.00749. The molecule has 0 atom stereocenters. The largest absolute Gasteiger partial charge is 0.495 e. The van der Waals surface area contributed by atoms with Crippen LogP contribution in [0.15, 0.2) is 36.5 Å². The van der Waals surface area contributed by atoms with Crippen LogP contribution in [0.3, 0.4) is 0 Å². The van der Waals surface area contributed by atoms with Crippen molar-refractivity contribution in [3.05, 3.63) is 59.0 Å². The number of benzene rings is 1. The van der Waals surface area contributed by atoms with Gasteiger partial charge in [-0.05, 0) is 69.4 Å². The first-order valence-electron chi connectivity index (χ1n) is 14.8. The predicted octanol–water partition coefficient (Wildman–Crippen LogP) is 6.53. The van der Waals surface area contributed by atoms with Gasteiger partial charge in [-0.2, -0.15) is 18.2 Å². The first-order valence-corrected chi connectivity index (χ1v) is 16.6. The van der Waals surface area contributed by atoms with Crippen molar-refractivity contribution in [3.8, 4) is 5.75 Å². The molecule has 1 fully saturated rings. The lowest BCUT2D eigenvalue weighted by atomic mass is 9.85. The molecule has 0 bridgehead atoms. The van der Waals surface area contributed by atoms with Gasteiger partial charge in [-0.15, -0.1) is 0 Å². The van der Waals surface area contributed by atoms with Crippen LogP contribution in [-0.4, -0.2) is 59.4 Å². The third-order valence-corrected chi connectivity index (χ3v) is 9.42. The van der Waals surface area contributed by atoms with Crippen molar-refractivity contribution in [2.75, 3.05) is 38.0 Å². The molecule has 0 saturated heterocycles. The van der Waals surface area contributed by atoms with Gasteiger partial charge >= 0.3 is 13.8 Å². The molecule has 0 radical (unpaired) electrons. The smallest absolute Gasteiger partial charge is 0.421 e. The Kier molecular flexibility index (Phi) is 11.6. The molecule has 46 heavy (non-hydrogen) atoms. The minimum Gasteiger partial charge on any atom is -0.495 e. The highest BCUT2D eigenvalue weighted by molar-refractivity contribution is 7.53. The fourth-order valence-corrected chi connectivity index (χ4v) is 6.83. The summed E-state index contributed by atoms with van der Waals surface area (Å²) in [5.41, 5.74) is 0.299. The Hall–Kier alpha value is -3.78. The van der Waals surface area contributed by atoms with Crippen molar-refractivity contribution in [2.24, 2.45) is 0 Å². The molecule has 1 saturated carbocycles. The van der Waals surface area contributed by atoms with E-state index in [4.69, 9.17) is 13.8 Å². The Balaban J connectivity index is 1.65. The van der Waals surface area contributed by atoms with Gasteiger partial charge < -0.3 is 34.8 Å². The van der Waals surface area contributed by atoms with Crippen LogP contribution in [-0.2, 0) is 26.0 Å². The van der Waals surface area contributed by atoms with E-state index in [1.54, 1.807) is 38.1 Å². The molecule has 2 heterocycles. The standard InChI is InChI=1S/C30H38F3N6O6P/c1-5-44-46(42,45-6-2)17-18-7-12-23(25(15-18)43-4)38-29-35-16-21(30(31,32)33)27(39-29)37-24-14-13-22(36-26(24)28(41)34-3)19-8-10-20(40)11-9-19/h7,12-16,19-20,40H,5-6,8-11,17H2,1-4H3,(H,34,41)(H2,35,37,38,39). The number of hydrogen-bond donors (Lipinski definition) is 4. The quantitative estimate of drug-likeness (QED) is 0.147. The number of carbonyl (C=O) groups is 1. The molecule has 1 aliphatic carbocycles. The van der Waals surface area contributed by atoms with E-state index in [-0.39, 0.29) is 54.5 Å². The molecular weight excluding hydrogens is 628 g/mol. The van der Waals surface area contributed by atoms with Crippen LogP contribution in [0.25, 0.3) is 0 Å². The Morgan fingerprint density at radius 3 is 2.30 bits per heavy atom. The molecule has 0 aliphatic heterocycles. The maximum atomic E-state index is 14.1. The summed E-state index contributed by atoms with van der Waals surface area (Å²) in [5, 5.41) is 17.9. The Labute approximate surface area is 265 Å². The Bertz CT molecular complexity index is 1560. The van der Waals surface area contributed by atoms with Crippen LogP contribution in [0.4, 0.5) is 36.3 Å². The number of methoxy groups -OCH3 is 1. The molecule has 0 spiro atoms. The average molecular weight is 667 g/mol. The van der Waals surface area contributed by atoms with E-state index < -0.39 is 31.1 Å². The summed E-state index contributed by atoms with van der Waals surface area (Å²) in [7, 11) is -0.598. The number of nitrogens with zero attached hydrogens (tertiary/aromatic N) is 3. The van der Waals surface area contributed by atoms with Crippen LogP contribution < -0.4 is 20.7 Å². The zero-order chi connectivity index (χ0) is 33.5. The zero-order valence-electron chi connectivity index (χ0n) is 26.0. The number of ether oxygens (including phenoxy) is 1. The molecule has 4 rings (SSSR count). The number of aliphatic hydroxyl groups is 1. The number of pyridine rings is 1. The number of halogens is 3. The molecule has 1 aliphatic rings. The Morgan fingerprint density at radius 1 is 1.02 bits per heavy atom. The highest BCUT2D eigenvalue weighted by Crippen LogP contribution is 2.51. The van der Waals surface area contributed by atoms with Gasteiger partial charge in [0.1, 0.15) is 17.1 Å². The van der Waals surface area contributed by atoms with Crippen LogP contribution in [0, 0.1) is 0 Å². The van der Waals surface area contributed by atoms with Crippen LogP contribution >= 0.6 is 7.60 Å². The number of amides is 1. The monoisotopic (exact) mass is 666 g/mol. The molecule has 16 heteroatoms. The van der Waals surface area contributed by atoms with Gasteiger partial charge in [0.15, 0.2) is 5.69 Å². The van der Waals surface area contributed by atoms with E-state index in [0.29, 0.717) is 48.8 Å². The first kappa shape index (κ1) is 35.1. The van der Waals surface area contributed by atoms with Gasteiger partial charge in [0, 0.05) is 24.9 Å². The van der Waals surface area contributed by atoms with E-state index in [0.717, 1.165) is 0 Å². The molecule has 1 amide bonds. The number of aromatic nitrogens is 3. The van der Waals surface area contributed by atoms with Gasteiger partial charge in [0.2, 0.25) is 5.95 Å². The molecule has 3 aromatic rings. The highest BCUT2D eigenvalue weighted by Gasteiger charge is 2.36. The summed E-state index contributed by atoms with van der Waals surface area (Å²) < 4.78 is 71.4. The van der Waals surface area contributed by atoms with E-state index >= 15 is 0 Å². The lowest BCUT2D eigenvalue weighted by Gasteiger charge is -2.25. The van der Waals surface area contributed by atoms with Gasteiger partial charge in [-0.25, -0.2) is 9.97 Å². The first-order chi connectivity index (χ1) is 21.9. The average Bonchev–Trinajstić information content (AvgIpc) is 3.01. The van der Waals surface area contributed by atoms with Crippen molar-refractivity contribution in [2.45, 2.75) is 63.9 Å². The van der Waals surface area contributed by atoms with E-state index in [1.807, 2.05) is 0 Å².